The third-order valence-corrected chi connectivity index (χ3v) is 6.00. The molecule has 0 unspecified atom stereocenters. The van der Waals surface area contributed by atoms with Crippen LogP contribution in [0.25, 0.3) is 11.5 Å². The Kier molecular flexibility index (Phi) is 5.88. The summed E-state index contributed by atoms with van der Waals surface area (Å²) in [7, 11) is 0. The normalized spacial score (nSPS) is 16.3. The molecule has 0 bridgehead atoms. The van der Waals surface area contributed by atoms with Crippen molar-refractivity contribution in [3.8, 4) is 17.2 Å². The van der Waals surface area contributed by atoms with Crippen molar-refractivity contribution in [3.63, 3.8) is 0 Å². The predicted molar refractivity (Wildman–Crippen MR) is 115 cm³/mol. The third-order valence-electron chi connectivity index (χ3n) is 6.00. The molecule has 5 heteroatoms. The summed E-state index contributed by atoms with van der Waals surface area (Å²) in [5.74, 6) is 1.36. The van der Waals surface area contributed by atoms with Gasteiger partial charge in [0.25, 0.3) is 0 Å². The van der Waals surface area contributed by atoms with Crippen LogP contribution < -0.4 is 4.74 Å². The molecule has 0 saturated carbocycles. The molecule has 2 aromatic carbocycles. The Balaban J connectivity index is 1.39. The summed E-state index contributed by atoms with van der Waals surface area (Å²) in [5, 5.41) is 9.50. The number of carbonyl (C=O) groups is 1. The zero-order chi connectivity index (χ0) is 21.1. The van der Waals surface area contributed by atoms with Crippen LogP contribution in [0, 0.1) is 12.8 Å². The molecule has 30 heavy (non-hydrogen) atoms. The smallest absolute Gasteiger partial charge is 0.307 e. The van der Waals surface area contributed by atoms with Crippen molar-refractivity contribution >= 4 is 5.97 Å². The van der Waals surface area contributed by atoms with Crippen molar-refractivity contribution in [1.29, 1.82) is 0 Å². The summed E-state index contributed by atoms with van der Waals surface area (Å²) in [5.41, 5.74) is 4.24. The van der Waals surface area contributed by atoms with E-state index >= 15 is 0 Å². The Morgan fingerprint density at radius 3 is 2.80 bits per heavy atom. The first kappa shape index (κ1) is 20.2. The fraction of sp³-hybridized carbons (Fsp3) is 0.360. The molecular weight excluding hydrogens is 378 g/mol. The van der Waals surface area contributed by atoms with Gasteiger partial charge < -0.3 is 14.3 Å². The lowest BCUT2D eigenvalue weighted by Crippen LogP contribution is -2.19. The van der Waals surface area contributed by atoms with Crippen LogP contribution in [0.15, 0.2) is 52.9 Å². The lowest BCUT2D eigenvalue weighted by Gasteiger charge is -2.19. The number of oxazole rings is 1. The van der Waals surface area contributed by atoms with Gasteiger partial charge in [0.2, 0.25) is 5.89 Å². The SMILES string of the molecule is CC[C@@H](C(=O)O)[C@@H]1CCc2cc(OCCc3nc(-c4ccccc4)oc3C)ccc21. The van der Waals surface area contributed by atoms with Gasteiger partial charge in [-0.3, -0.25) is 4.79 Å². The van der Waals surface area contributed by atoms with Gasteiger partial charge in [0.1, 0.15) is 11.5 Å². The maximum absolute atomic E-state index is 11.6. The van der Waals surface area contributed by atoms with E-state index in [9.17, 15) is 9.90 Å². The van der Waals surface area contributed by atoms with Crippen molar-refractivity contribution in [3.05, 3.63) is 71.1 Å². The van der Waals surface area contributed by atoms with Crippen LogP contribution in [0.4, 0.5) is 0 Å². The molecule has 0 saturated heterocycles. The van der Waals surface area contributed by atoms with E-state index in [0.29, 0.717) is 25.3 Å². The van der Waals surface area contributed by atoms with Crippen LogP contribution in [0.2, 0.25) is 0 Å². The molecule has 0 amide bonds. The minimum atomic E-state index is -0.700. The maximum atomic E-state index is 11.6. The summed E-state index contributed by atoms with van der Waals surface area (Å²) in [6.45, 7) is 4.39. The Bertz CT molecular complexity index is 1020. The molecule has 4 rings (SSSR count). The summed E-state index contributed by atoms with van der Waals surface area (Å²) in [6.07, 6.45) is 3.12. The lowest BCUT2D eigenvalue weighted by molar-refractivity contribution is -0.142. The number of rotatable bonds is 8. The minimum Gasteiger partial charge on any atom is -0.493 e. The number of nitrogens with zero attached hydrogens (tertiary/aromatic N) is 1. The quantitative estimate of drug-likeness (QED) is 0.542. The van der Waals surface area contributed by atoms with Gasteiger partial charge in [0.15, 0.2) is 0 Å². The Hall–Kier alpha value is -3.08. The maximum Gasteiger partial charge on any atom is 0.307 e. The van der Waals surface area contributed by atoms with E-state index in [1.807, 2.05) is 56.3 Å². The molecular formula is C25H27NO4. The molecule has 0 radical (unpaired) electrons. The number of fused-ring (bicyclic) bond motifs is 1. The molecule has 1 heterocycles. The zero-order valence-electron chi connectivity index (χ0n) is 17.4. The highest BCUT2D eigenvalue weighted by molar-refractivity contribution is 5.72. The van der Waals surface area contributed by atoms with Crippen molar-refractivity contribution < 1.29 is 19.1 Å². The van der Waals surface area contributed by atoms with E-state index < -0.39 is 5.97 Å². The van der Waals surface area contributed by atoms with E-state index in [-0.39, 0.29) is 11.8 Å². The van der Waals surface area contributed by atoms with Crippen LogP contribution in [-0.2, 0) is 17.6 Å². The standard InChI is InChI=1S/C25H27NO4/c1-3-20(25(27)28)22-11-9-18-15-19(10-12-21(18)22)29-14-13-23-16(2)30-24(26-23)17-7-5-4-6-8-17/h4-8,10,12,15,20,22H,3,9,11,13-14H2,1-2H3,(H,27,28)/t20-,22+/m1/s1. The van der Waals surface area contributed by atoms with Gasteiger partial charge in [-0.05, 0) is 67.5 Å². The second kappa shape index (κ2) is 8.74. The highest BCUT2D eigenvalue weighted by Gasteiger charge is 2.33. The van der Waals surface area contributed by atoms with Crippen LogP contribution in [0.5, 0.6) is 5.75 Å². The van der Waals surface area contributed by atoms with Crippen molar-refractivity contribution in [2.24, 2.45) is 5.92 Å². The van der Waals surface area contributed by atoms with Crippen molar-refractivity contribution in [2.45, 2.75) is 45.4 Å². The van der Waals surface area contributed by atoms with E-state index in [4.69, 9.17) is 9.15 Å². The molecule has 2 atom stereocenters. The first-order valence-corrected chi connectivity index (χ1v) is 10.6. The van der Waals surface area contributed by atoms with Crippen molar-refractivity contribution in [2.75, 3.05) is 6.61 Å². The highest BCUT2D eigenvalue weighted by Crippen LogP contribution is 2.41. The first-order valence-electron chi connectivity index (χ1n) is 10.6. The van der Waals surface area contributed by atoms with Gasteiger partial charge >= 0.3 is 5.97 Å². The molecule has 0 fully saturated rings. The van der Waals surface area contributed by atoms with Crippen LogP contribution in [0.1, 0.15) is 48.3 Å². The van der Waals surface area contributed by atoms with E-state index in [1.165, 1.54) is 5.56 Å². The van der Waals surface area contributed by atoms with Gasteiger partial charge in [-0.2, -0.15) is 0 Å². The summed E-state index contributed by atoms with van der Waals surface area (Å²) in [4.78, 5) is 16.2. The highest BCUT2D eigenvalue weighted by atomic mass is 16.5. The van der Waals surface area contributed by atoms with Gasteiger partial charge in [-0.1, -0.05) is 31.2 Å². The fourth-order valence-electron chi connectivity index (χ4n) is 4.40. The number of benzene rings is 2. The zero-order valence-corrected chi connectivity index (χ0v) is 17.4. The minimum absolute atomic E-state index is 0.103. The van der Waals surface area contributed by atoms with Crippen LogP contribution >= 0.6 is 0 Å². The molecule has 156 valence electrons. The topological polar surface area (TPSA) is 72.6 Å². The second-order valence-electron chi connectivity index (χ2n) is 7.85. The summed E-state index contributed by atoms with van der Waals surface area (Å²) < 4.78 is 11.8. The Morgan fingerprint density at radius 1 is 1.27 bits per heavy atom. The number of hydrogen-bond donors (Lipinski definition) is 1. The molecule has 1 aliphatic carbocycles. The fourth-order valence-corrected chi connectivity index (χ4v) is 4.40. The molecule has 0 spiro atoms. The van der Waals surface area contributed by atoms with Gasteiger partial charge in [0.05, 0.1) is 18.2 Å². The van der Waals surface area contributed by atoms with Crippen LogP contribution in [0.3, 0.4) is 0 Å². The first-order chi connectivity index (χ1) is 14.6. The number of aliphatic carboxylic acids is 1. The second-order valence-corrected chi connectivity index (χ2v) is 7.85. The van der Waals surface area contributed by atoms with Gasteiger partial charge in [-0.15, -0.1) is 0 Å². The number of carboxylic acids is 1. The molecule has 3 aromatic rings. The molecule has 1 N–H and O–H groups in total. The van der Waals surface area contributed by atoms with Gasteiger partial charge in [0, 0.05) is 12.0 Å². The molecule has 1 aromatic heterocycles. The van der Waals surface area contributed by atoms with Crippen LogP contribution in [-0.4, -0.2) is 22.7 Å². The predicted octanol–water partition coefficient (Wildman–Crippen LogP) is 5.41. The summed E-state index contributed by atoms with van der Waals surface area (Å²) >= 11 is 0. The van der Waals surface area contributed by atoms with Gasteiger partial charge in [-0.25, -0.2) is 4.98 Å². The average Bonchev–Trinajstić information content (AvgIpc) is 3.33. The average molecular weight is 405 g/mol. The number of carboxylic acid groups (broad SMARTS) is 1. The Labute approximate surface area is 176 Å². The van der Waals surface area contributed by atoms with E-state index in [1.54, 1.807) is 0 Å². The molecule has 5 nitrogen and oxygen atoms in total. The Morgan fingerprint density at radius 2 is 2.07 bits per heavy atom. The molecule has 1 aliphatic rings. The van der Waals surface area contributed by atoms with Crippen molar-refractivity contribution in [1.82, 2.24) is 4.98 Å². The monoisotopic (exact) mass is 405 g/mol. The third kappa shape index (κ3) is 4.11. The number of aryl methyl sites for hydroxylation is 2. The summed E-state index contributed by atoms with van der Waals surface area (Å²) in [6, 6.07) is 15.9. The number of ether oxygens (including phenoxy) is 1. The largest absolute Gasteiger partial charge is 0.493 e. The van der Waals surface area contributed by atoms with E-state index in [2.05, 4.69) is 11.1 Å². The molecule has 0 aliphatic heterocycles. The number of hydrogen-bond acceptors (Lipinski definition) is 4. The lowest BCUT2D eigenvalue weighted by atomic mass is 9.85. The van der Waals surface area contributed by atoms with E-state index in [0.717, 1.165) is 41.2 Å². The number of aromatic nitrogens is 1.